The van der Waals surface area contributed by atoms with Crippen LogP contribution in [0.1, 0.15) is 15.9 Å². The first-order chi connectivity index (χ1) is 13.2. The second-order valence-corrected chi connectivity index (χ2v) is 6.34. The summed E-state index contributed by atoms with van der Waals surface area (Å²) in [4.78, 5) is 24.6. The van der Waals surface area contributed by atoms with E-state index in [0.29, 0.717) is 27.6 Å². The van der Waals surface area contributed by atoms with Crippen molar-refractivity contribution in [1.29, 1.82) is 5.26 Å². The second-order valence-electron chi connectivity index (χ2n) is 5.43. The van der Waals surface area contributed by atoms with Crippen molar-refractivity contribution in [2.75, 3.05) is 17.2 Å². The molecule has 27 heavy (non-hydrogen) atoms. The first kappa shape index (κ1) is 18.2. The lowest BCUT2D eigenvalue weighted by molar-refractivity contribution is -0.118. The molecule has 0 radical (unpaired) electrons. The number of carbonyl (C=O) groups excluding carboxylic acids is 2. The van der Waals surface area contributed by atoms with Crippen molar-refractivity contribution < 1.29 is 14.3 Å². The maximum absolute atomic E-state index is 12.5. The number of nitrogens with one attached hydrogen (secondary N) is 2. The smallest absolute Gasteiger partial charge is 0.262 e. The van der Waals surface area contributed by atoms with Gasteiger partial charge in [0.05, 0.1) is 11.1 Å². The summed E-state index contributed by atoms with van der Waals surface area (Å²) in [6, 6.07) is 19.4. The summed E-state index contributed by atoms with van der Waals surface area (Å²) in [6.07, 6.45) is 0. The molecular weight excluding hydrogens is 362 g/mol. The SMILES string of the molecule is N#Cc1ccsc1NC(=O)COc1ccccc1C(=O)Nc1ccccc1. The minimum Gasteiger partial charge on any atom is -0.483 e. The van der Waals surface area contributed by atoms with Crippen LogP contribution in [0.15, 0.2) is 66.0 Å². The van der Waals surface area contributed by atoms with Gasteiger partial charge in [0.1, 0.15) is 16.8 Å². The Morgan fingerprint density at radius 2 is 1.74 bits per heavy atom. The summed E-state index contributed by atoms with van der Waals surface area (Å²) in [6.45, 7) is -0.279. The fourth-order valence-corrected chi connectivity index (χ4v) is 3.05. The lowest BCUT2D eigenvalue weighted by Gasteiger charge is -2.11. The maximum Gasteiger partial charge on any atom is 0.262 e. The van der Waals surface area contributed by atoms with E-state index in [-0.39, 0.29) is 12.5 Å². The van der Waals surface area contributed by atoms with Crippen molar-refractivity contribution in [2.45, 2.75) is 0 Å². The lowest BCUT2D eigenvalue weighted by Crippen LogP contribution is -2.21. The molecule has 134 valence electrons. The first-order valence-electron chi connectivity index (χ1n) is 8.03. The predicted molar refractivity (Wildman–Crippen MR) is 104 cm³/mol. The number of nitriles is 1. The molecule has 0 bridgehead atoms. The number of benzene rings is 2. The summed E-state index contributed by atoms with van der Waals surface area (Å²) >= 11 is 1.26. The topological polar surface area (TPSA) is 91.2 Å². The molecule has 2 aromatic carbocycles. The van der Waals surface area contributed by atoms with E-state index in [9.17, 15) is 9.59 Å². The highest BCUT2D eigenvalue weighted by atomic mass is 32.1. The molecule has 0 aliphatic rings. The van der Waals surface area contributed by atoms with Crippen LogP contribution in [0.25, 0.3) is 0 Å². The molecule has 0 atom stereocenters. The number of hydrogen-bond acceptors (Lipinski definition) is 5. The minimum absolute atomic E-state index is 0.279. The van der Waals surface area contributed by atoms with Crippen molar-refractivity contribution in [3.8, 4) is 11.8 Å². The van der Waals surface area contributed by atoms with Crippen LogP contribution in [0.4, 0.5) is 10.7 Å². The molecule has 1 heterocycles. The van der Waals surface area contributed by atoms with E-state index >= 15 is 0 Å². The van der Waals surface area contributed by atoms with Crippen LogP contribution >= 0.6 is 11.3 Å². The highest BCUT2D eigenvalue weighted by Gasteiger charge is 2.14. The molecule has 2 amide bonds. The molecule has 7 heteroatoms. The van der Waals surface area contributed by atoms with E-state index in [1.165, 1.54) is 11.3 Å². The fraction of sp³-hybridized carbons (Fsp3) is 0.0500. The standard InChI is InChI=1S/C20H15N3O3S/c21-12-14-10-11-27-20(14)23-18(24)13-26-17-9-5-4-8-16(17)19(25)22-15-6-2-1-3-7-15/h1-11H,13H2,(H,22,25)(H,23,24). The molecule has 3 rings (SSSR count). The number of amides is 2. The number of rotatable bonds is 6. The molecule has 0 fully saturated rings. The Balaban J connectivity index is 1.65. The first-order valence-corrected chi connectivity index (χ1v) is 8.91. The number of anilines is 2. The van der Waals surface area contributed by atoms with Gasteiger partial charge in [-0.2, -0.15) is 5.26 Å². The van der Waals surface area contributed by atoms with Gasteiger partial charge in [-0.15, -0.1) is 11.3 Å². The number of hydrogen-bond donors (Lipinski definition) is 2. The lowest BCUT2D eigenvalue weighted by atomic mass is 10.2. The van der Waals surface area contributed by atoms with Crippen LogP contribution < -0.4 is 15.4 Å². The molecule has 0 saturated carbocycles. The van der Waals surface area contributed by atoms with Gasteiger partial charge in [0.15, 0.2) is 6.61 Å². The Hall–Kier alpha value is -3.63. The van der Waals surface area contributed by atoms with E-state index in [2.05, 4.69) is 10.6 Å². The summed E-state index contributed by atoms with van der Waals surface area (Å²) < 4.78 is 5.53. The zero-order valence-electron chi connectivity index (χ0n) is 14.1. The quantitative estimate of drug-likeness (QED) is 0.682. The number of thiophene rings is 1. The van der Waals surface area contributed by atoms with E-state index in [1.807, 2.05) is 24.3 Å². The van der Waals surface area contributed by atoms with Gasteiger partial charge in [0, 0.05) is 5.69 Å². The van der Waals surface area contributed by atoms with Gasteiger partial charge in [-0.05, 0) is 35.7 Å². The van der Waals surface area contributed by atoms with Crippen molar-refractivity contribution in [1.82, 2.24) is 0 Å². The number of para-hydroxylation sites is 2. The minimum atomic E-state index is -0.410. The second kappa shape index (κ2) is 8.65. The third-order valence-electron chi connectivity index (χ3n) is 3.56. The molecular formula is C20H15N3O3S. The van der Waals surface area contributed by atoms with Crippen LogP contribution in [-0.4, -0.2) is 18.4 Å². The Kier molecular flexibility index (Phi) is 5.82. The molecule has 3 aromatic rings. The molecule has 0 aliphatic heterocycles. The molecule has 0 saturated heterocycles. The molecule has 6 nitrogen and oxygen atoms in total. The molecule has 2 N–H and O–H groups in total. The summed E-state index contributed by atoms with van der Waals surface area (Å²) in [5, 5.41) is 16.6. The Labute approximate surface area is 160 Å². The normalized spacial score (nSPS) is 9.89. The van der Waals surface area contributed by atoms with Crippen LogP contribution in [-0.2, 0) is 4.79 Å². The van der Waals surface area contributed by atoms with Crippen LogP contribution in [0.5, 0.6) is 5.75 Å². The van der Waals surface area contributed by atoms with Crippen molar-refractivity contribution in [3.63, 3.8) is 0 Å². The van der Waals surface area contributed by atoms with Crippen molar-refractivity contribution in [3.05, 3.63) is 77.2 Å². The fourth-order valence-electron chi connectivity index (χ4n) is 2.30. The summed E-state index contributed by atoms with van der Waals surface area (Å²) in [5.41, 5.74) is 1.38. The Morgan fingerprint density at radius 1 is 1.00 bits per heavy atom. The zero-order chi connectivity index (χ0) is 19.1. The third-order valence-corrected chi connectivity index (χ3v) is 4.39. The van der Waals surface area contributed by atoms with E-state index in [4.69, 9.17) is 10.00 Å². The van der Waals surface area contributed by atoms with Crippen LogP contribution in [0, 0.1) is 11.3 Å². The summed E-state index contributed by atoms with van der Waals surface area (Å²) in [7, 11) is 0. The van der Waals surface area contributed by atoms with Crippen molar-refractivity contribution in [2.24, 2.45) is 0 Å². The average Bonchev–Trinajstić information content (AvgIpc) is 3.14. The van der Waals surface area contributed by atoms with Gasteiger partial charge in [-0.3, -0.25) is 9.59 Å². The van der Waals surface area contributed by atoms with Crippen LogP contribution in [0.3, 0.4) is 0 Å². The van der Waals surface area contributed by atoms with Gasteiger partial charge in [0.25, 0.3) is 11.8 Å². The van der Waals surface area contributed by atoms with Gasteiger partial charge in [-0.25, -0.2) is 0 Å². The molecule has 0 spiro atoms. The number of carbonyl (C=O) groups is 2. The Morgan fingerprint density at radius 3 is 2.52 bits per heavy atom. The van der Waals surface area contributed by atoms with Crippen molar-refractivity contribution >= 4 is 33.8 Å². The maximum atomic E-state index is 12.5. The monoisotopic (exact) mass is 377 g/mol. The highest BCUT2D eigenvalue weighted by molar-refractivity contribution is 7.14. The third kappa shape index (κ3) is 4.71. The molecule has 0 unspecified atom stereocenters. The largest absolute Gasteiger partial charge is 0.483 e. The van der Waals surface area contributed by atoms with Gasteiger partial charge in [-0.1, -0.05) is 30.3 Å². The van der Waals surface area contributed by atoms with Gasteiger partial charge in [0.2, 0.25) is 0 Å². The zero-order valence-corrected chi connectivity index (χ0v) is 15.0. The number of nitrogens with zero attached hydrogens (tertiary/aromatic N) is 1. The number of ether oxygens (including phenoxy) is 1. The van der Waals surface area contributed by atoms with E-state index < -0.39 is 5.91 Å². The highest BCUT2D eigenvalue weighted by Crippen LogP contribution is 2.23. The van der Waals surface area contributed by atoms with E-state index in [0.717, 1.165) is 0 Å². The molecule has 0 aliphatic carbocycles. The van der Waals surface area contributed by atoms with Crippen LogP contribution in [0.2, 0.25) is 0 Å². The summed E-state index contributed by atoms with van der Waals surface area (Å²) in [5.74, 6) is -0.442. The van der Waals surface area contributed by atoms with Gasteiger partial charge >= 0.3 is 0 Å². The average molecular weight is 377 g/mol. The van der Waals surface area contributed by atoms with Gasteiger partial charge < -0.3 is 15.4 Å². The van der Waals surface area contributed by atoms with E-state index in [1.54, 1.807) is 47.8 Å². The Bertz CT molecular complexity index is 993. The predicted octanol–water partition coefficient (Wildman–Crippen LogP) is 3.89. The molecule has 1 aromatic heterocycles.